The second-order valence-corrected chi connectivity index (χ2v) is 4.61. The normalized spacial score (nSPS) is 18.2. The lowest BCUT2D eigenvalue weighted by Crippen LogP contribution is -2.48. The number of hydrogen-bond donors (Lipinski definition) is 2. The average Bonchev–Trinajstić information content (AvgIpc) is 2.76. The number of nitrogens with two attached hydrogens (primary N) is 1. The van der Waals surface area contributed by atoms with Gasteiger partial charge in [0.15, 0.2) is 0 Å². The van der Waals surface area contributed by atoms with Crippen LogP contribution in [-0.4, -0.2) is 11.4 Å². The van der Waals surface area contributed by atoms with Gasteiger partial charge in [-0.3, -0.25) is 4.79 Å². The van der Waals surface area contributed by atoms with Crippen LogP contribution in [0.3, 0.4) is 0 Å². The first-order chi connectivity index (χ1) is 6.71. The highest BCUT2D eigenvalue weighted by Gasteiger charge is 2.36. The van der Waals surface area contributed by atoms with Gasteiger partial charge in [-0.15, -0.1) is 12.4 Å². The van der Waals surface area contributed by atoms with E-state index in [2.05, 4.69) is 5.32 Å². The van der Waals surface area contributed by atoms with E-state index in [1.807, 2.05) is 16.8 Å². The molecule has 5 heteroatoms. The van der Waals surface area contributed by atoms with E-state index in [-0.39, 0.29) is 18.3 Å². The highest BCUT2D eigenvalue weighted by molar-refractivity contribution is 7.08. The Hall–Kier alpha value is -0.580. The van der Waals surface area contributed by atoms with Crippen LogP contribution in [0.1, 0.15) is 25.7 Å². The maximum absolute atomic E-state index is 11.8. The van der Waals surface area contributed by atoms with Crippen LogP contribution in [0, 0.1) is 0 Å². The van der Waals surface area contributed by atoms with Crippen molar-refractivity contribution < 1.29 is 4.79 Å². The van der Waals surface area contributed by atoms with E-state index in [0.717, 1.165) is 31.4 Å². The van der Waals surface area contributed by atoms with Gasteiger partial charge in [0.25, 0.3) is 0 Å². The monoisotopic (exact) mass is 246 g/mol. The molecule has 84 valence electrons. The predicted octanol–water partition coefficient (Wildman–Crippen LogP) is 2.38. The topological polar surface area (TPSA) is 55.1 Å². The first-order valence-corrected chi connectivity index (χ1v) is 5.77. The van der Waals surface area contributed by atoms with E-state index in [1.54, 1.807) is 11.3 Å². The SMILES string of the molecule is Cl.NC1(C(=O)Nc2ccsc2)CCCC1. The lowest BCUT2D eigenvalue weighted by molar-refractivity contribution is -0.120. The molecule has 1 aromatic rings. The minimum atomic E-state index is -0.623. The van der Waals surface area contributed by atoms with Crippen molar-refractivity contribution in [3.05, 3.63) is 16.8 Å². The number of nitrogens with one attached hydrogen (secondary N) is 1. The molecule has 1 aliphatic rings. The fourth-order valence-electron chi connectivity index (χ4n) is 1.82. The van der Waals surface area contributed by atoms with E-state index < -0.39 is 5.54 Å². The van der Waals surface area contributed by atoms with Crippen LogP contribution in [0.4, 0.5) is 5.69 Å². The molecule has 15 heavy (non-hydrogen) atoms. The average molecular weight is 247 g/mol. The lowest BCUT2D eigenvalue weighted by Gasteiger charge is -2.21. The quantitative estimate of drug-likeness (QED) is 0.842. The summed E-state index contributed by atoms with van der Waals surface area (Å²) in [6.45, 7) is 0. The summed E-state index contributed by atoms with van der Waals surface area (Å²) in [5.74, 6) is -0.0339. The number of halogens is 1. The Morgan fingerprint density at radius 2 is 2.13 bits per heavy atom. The Morgan fingerprint density at radius 3 is 2.67 bits per heavy atom. The minimum Gasteiger partial charge on any atom is -0.324 e. The molecule has 1 aromatic heterocycles. The van der Waals surface area contributed by atoms with Crippen molar-refractivity contribution in [2.24, 2.45) is 5.73 Å². The molecule has 0 radical (unpaired) electrons. The van der Waals surface area contributed by atoms with Crippen LogP contribution in [0.2, 0.25) is 0 Å². The molecule has 1 heterocycles. The molecular weight excluding hydrogens is 232 g/mol. The molecular formula is C10H15ClN2OS. The number of hydrogen-bond acceptors (Lipinski definition) is 3. The third kappa shape index (κ3) is 2.71. The summed E-state index contributed by atoms with van der Waals surface area (Å²) in [6.07, 6.45) is 3.74. The van der Waals surface area contributed by atoms with Crippen LogP contribution in [0.15, 0.2) is 16.8 Å². The standard InChI is InChI=1S/C10H14N2OS.ClH/c11-10(4-1-2-5-10)9(13)12-8-3-6-14-7-8;/h3,6-7H,1-2,4-5,11H2,(H,12,13);1H. The highest BCUT2D eigenvalue weighted by Crippen LogP contribution is 2.28. The molecule has 0 unspecified atom stereocenters. The number of amides is 1. The van der Waals surface area contributed by atoms with Gasteiger partial charge in [-0.05, 0) is 24.3 Å². The summed E-state index contributed by atoms with van der Waals surface area (Å²) < 4.78 is 0. The smallest absolute Gasteiger partial charge is 0.244 e. The molecule has 0 bridgehead atoms. The van der Waals surface area contributed by atoms with Crippen LogP contribution in [0.25, 0.3) is 0 Å². The summed E-state index contributed by atoms with van der Waals surface area (Å²) >= 11 is 1.57. The van der Waals surface area contributed by atoms with Gasteiger partial charge in [0.1, 0.15) is 0 Å². The third-order valence-electron chi connectivity index (χ3n) is 2.73. The molecule has 1 saturated carbocycles. The van der Waals surface area contributed by atoms with Crippen LogP contribution < -0.4 is 11.1 Å². The summed E-state index contributed by atoms with van der Waals surface area (Å²) in [6, 6.07) is 1.89. The van der Waals surface area contributed by atoms with E-state index in [9.17, 15) is 4.79 Å². The van der Waals surface area contributed by atoms with Gasteiger partial charge >= 0.3 is 0 Å². The van der Waals surface area contributed by atoms with Gasteiger partial charge in [-0.25, -0.2) is 0 Å². The van der Waals surface area contributed by atoms with Gasteiger partial charge in [0.2, 0.25) is 5.91 Å². The number of carbonyl (C=O) groups excluding carboxylic acids is 1. The fraction of sp³-hybridized carbons (Fsp3) is 0.500. The van der Waals surface area contributed by atoms with Crippen LogP contribution >= 0.6 is 23.7 Å². The molecule has 3 nitrogen and oxygen atoms in total. The molecule has 0 aliphatic heterocycles. The first-order valence-electron chi connectivity index (χ1n) is 4.83. The van der Waals surface area contributed by atoms with Gasteiger partial charge < -0.3 is 11.1 Å². The summed E-state index contributed by atoms with van der Waals surface area (Å²) in [5.41, 5.74) is 6.25. The molecule has 2 rings (SSSR count). The largest absolute Gasteiger partial charge is 0.324 e. The van der Waals surface area contributed by atoms with Crippen molar-refractivity contribution in [1.29, 1.82) is 0 Å². The maximum Gasteiger partial charge on any atom is 0.244 e. The molecule has 0 saturated heterocycles. The van der Waals surface area contributed by atoms with Crippen LogP contribution in [0.5, 0.6) is 0 Å². The van der Waals surface area contributed by atoms with E-state index in [1.165, 1.54) is 0 Å². The summed E-state index contributed by atoms with van der Waals surface area (Å²) in [7, 11) is 0. The Balaban J connectivity index is 0.00000112. The second-order valence-electron chi connectivity index (χ2n) is 3.83. The van der Waals surface area contributed by atoms with E-state index >= 15 is 0 Å². The number of carbonyl (C=O) groups is 1. The second kappa shape index (κ2) is 4.96. The molecule has 1 amide bonds. The van der Waals surface area contributed by atoms with Crippen molar-refractivity contribution in [1.82, 2.24) is 0 Å². The van der Waals surface area contributed by atoms with Gasteiger partial charge in [0, 0.05) is 5.38 Å². The Bertz CT molecular complexity index is 320. The molecule has 0 atom stereocenters. The third-order valence-corrected chi connectivity index (χ3v) is 3.41. The number of rotatable bonds is 2. The number of anilines is 1. The van der Waals surface area contributed by atoms with E-state index in [4.69, 9.17) is 5.73 Å². The summed E-state index contributed by atoms with van der Waals surface area (Å²) in [5, 5.41) is 6.70. The zero-order valence-electron chi connectivity index (χ0n) is 8.36. The molecule has 1 aliphatic carbocycles. The Labute approximate surface area is 99.5 Å². The van der Waals surface area contributed by atoms with Crippen molar-refractivity contribution in [3.63, 3.8) is 0 Å². The predicted molar refractivity (Wildman–Crippen MR) is 65.6 cm³/mol. The molecule has 3 N–H and O–H groups in total. The lowest BCUT2D eigenvalue weighted by atomic mass is 9.98. The highest BCUT2D eigenvalue weighted by atomic mass is 35.5. The van der Waals surface area contributed by atoms with Crippen molar-refractivity contribution in [2.75, 3.05) is 5.32 Å². The van der Waals surface area contributed by atoms with Crippen molar-refractivity contribution >= 4 is 35.3 Å². The van der Waals surface area contributed by atoms with Gasteiger partial charge in [0.05, 0.1) is 11.2 Å². The number of thiophene rings is 1. The maximum atomic E-state index is 11.8. The fourth-order valence-corrected chi connectivity index (χ4v) is 2.41. The van der Waals surface area contributed by atoms with Crippen molar-refractivity contribution in [3.8, 4) is 0 Å². The zero-order chi connectivity index (χ0) is 10.0. The molecule has 0 spiro atoms. The van der Waals surface area contributed by atoms with Crippen molar-refractivity contribution in [2.45, 2.75) is 31.2 Å². The van der Waals surface area contributed by atoms with Crippen LogP contribution in [-0.2, 0) is 4.79 Å². The van der Waals surface area contributed by atoms with Gasteiger partial charge in [-0.2, -0.15) is 11.3 Å². The molecule has 0 aromatic carbocycles. The Kier molecular flexibility index (Phi) is 4.13. The molecule has 1 fully saturated rings. The van der Waals surface area contributed by atoms with Gasteiger partial charge in [-0.1, -0.05) is 12.8 Å². The minimum absolute atomic E-state index is 0. The Morgan fingerprint density at radius 1 is 1.47 bits per heavy atom. The van der Waals surface area contributed by atoms with E-state index in [0.29, 0.717) is 0 Å². The summed E-state index contributed by atoms with van der Waals surface area (Å²) in [4.78, 5) is 11.8. The first kappa shape index (κ1) is 12.5. The zero-order valence-corrected chi connectivity index (χ0v) is 10.00.